The number of ether oxygens (including phenoxy) is 1. The molecule has 0 amide bonds. The number of hydrogen-bond acceptors (Lipinski definition) is 3. The molecule has 0 aliphatic carbocycles. The fraction of sp³-hybridized carbons (Fsp3) is 0.385. The number of pyridine rings is 1. The third-order valence-electron chi connectivity index (χ3n) is 2.68. The quantitative estimate of drug-likeness (QED) is 0.765. The molecule has 2 heterocycles. The lowest BCUT2D eigenvalue weighted by Gasteiger charge is -2.07. The summed E-state index contributed by atoms with van der Waals surface area (Å²) in [4.78, 5) is 3.54. The van der Waals surface area contributed by atoms with Gasteiger partial charge in [0.1, 0.15) is 6.61 Å². The van der Waals surface area contributed by atoms with Gasteiger partial charge in [-0.2, -0.15) is 9.49 Å². The van der Waals surface area contributed by atoms with Gasteiger partial charge >= 0.3 is 0 Å². The summed E-state index contributed by atoms with van der Waals surface area (Å²) in [5, 5.41) is 4.41. The summed E-state index contributed by atoms with van der Waals surface area (Å²) in [6, 6.07) is 5.19. The summed E-state index contributed by atoms with van der Waals surface area (Å²) in [5.41, 5.74) is 1.96. The molecule has 5 heteroatoms. The van der Waals surface area contributed by atoms with Crippen LogP contribution in [-0.4, -0.2) is 14.8 Å². The van der Waals surface area contributed by atoms with E-state index in [1.807, 2.05) is 24.6 Å². The van der Waals surface area contributed by atoms with Gasteiger partial charge in [0.2, 0.25) is 0 Å². The molecule has 4 nitrogen and oxygen atoms in total. The van der Waals surface area contributed by atoms with Gasteiger partial charge in [-0.3, -0.25) is 4.68 Å². The van der Waals surface area contributed by atoms with Crippen molar-refractivity contribution in [1.29, 1.82) is 0 Å². The van der Waals surface area contributed by atoms with E-state index in [0.29, 0.717) is 6.61 Å². The Morgan fingerprint density at radius 2 is 2.22 bits per heavy atom. The molecule has 0 saturated heterocycles. The van der Waals surface area contributed by atoms with E-state index in [0.717, 1.165) is 24.4 Å². The highest BCUT2D eigenvalue weighted by atomic mass is 19.1. The molecule has 2 aromatic rings. The predicted octanol–water partition coefficient (Wildman–Crippen LogP) is 2.58. The van der Waals surface area contributed by atoms with E-state index < -0.39 is 5.95 Å². The lowest BCUT2D eigenvalue weighted by molar-refractivity contribution is 0.274. The molecule has 0 aromatic carbocycles. The largest absolute Gasteiger partial charge is 0.483 e. The van der Waals surface area contributed by atoms with Crippen LogP contribution in [0.4, 0.5) is 4.39 Å². The van der Waals surface area contributed by atoms with Crippen LogP contribution in [0.5, 0.6) is 5.75 Å². The average molecular weight is 249 g/mol. The first kappa shape index (κ1) is 12.5. The monoisotopic (exact) mass is 249 g/mol. The Hall–Kier alpha value is -1.91. The zero-order chi connectivity index (χ0) is 13.0. The van der Waals surface area contributed by atoms with Crippen LogP contribution in [0.2, 0.25) is 0 Å². The number of hydrogen-bond donors (Lipinski definition) is 0. The highest BCUT2D eigenvalue weighted by molar-refractivity contribution is 5.19. The van der Waals surface area contributed by atoms with Gasteiger partial charge in [0.25, 0.3) is 5.95 Å². The van der Waals surface area contributed by atoms with E-state index in [9.17, 15) is 4.39 Å². The molecular formula is C13H16FN3O. The van der Waals surface area contributed by atoms with E-state index >= 15 is 0 Å². The second kappa shape index (κ2) is 5.62. The molecule has 2 rings (SSSR count). The fourth-order valence-corrected chi connectivity index (χ4v) is 1.71. The Labute approximate surface area is 105 Å². The van der Waals surface area contributed by atoms with Crippen LogP contribution < -0.4 is 4.74 Å². The van der Waals surface area contributed by atoms with E-state index in [1.165, 1.54) is 6.20 Å². The highest BCUT2D eigenvalue weighted by Crippen LogP contribution is 2.15. The third-order valence-corrected chi connectivity index (χ3v) is 2.68. The number of aryl methyl sites for hydroxylation is 2. The number of rotatable bonds is 5. The first-order valence-corrected chi connectivity index (χ1v) is 6.03. The van der Waals surface area contributed by atoms with E-state index in [4.69, 9.17) is 4.74 Å². The molecule has 0 atom stereocenters. The lowest BCUT2D eigenvalue weighted by Crippen LogP contribution is -2.07. The van der Waals surface area contributed by atoms with Crippen molar-refractivity contribution in [2.45, 2.75) is 33.4 Å². The molecule has 0 spiro atoms. The molecule has 0 fully saturated rings. The van der Waals surface area contributed by atoms with Gasteiger partial charge < -0.3 is 4.74 Å². The van der Waals surface area contributed by atoms with E-state index in [2.05, 4.69) is 10.1 Å². The standard InChI is InChI=1S/C13H16FN3O/c1-3-10-8-11(17(4-2)16-10)9-18-12-6-5-7-15-13(12)14/h5-8H,3-4,9H2,1-2H3. The minimum atomic E-state index is -0.587. The van der Waals surface area contributed by atoms with Crippen molar-refractivity contribution in [3.8, 4) is 5.75 Å². The van der Waals surface area contributed by atoms with Crippen LogP contribution in [0.1, 0.15) is 25.2 Å². The zero-order valence-corrected chi connectivity index (χ0v) is 10.6. The Kier molecular flexibility index (Phi) is 3.92. The Morgan fingerprint density at radius 3 is 2.89 bits per heavy atom. The molecular weight excluding hydrogens is 233 g/mol. The van der Waals surface area contributed by atoms with Crippen molar-refractivity contribution in [2.75, 3.05) is 0 Å². The Morgan fingerprint density at radius 1 is 1.39 bits per heavy atom. The maximum atomic E-state index is 13.3. The van der Waals surface area contributed by atoms with E-state index in [-0.39, 0.29) is 5.75 Å². The van der Waals surface area contributed by atoms with Crippen LogP contribution >= 0.6 is 0 Å². The van der Waals surface area contributed by atoms with Gasteiger partial charge in [-0.05, 0) is 31.5 Å². The summed E-state index contributed by atoms with van der Waals surface area (Å²) in [6.07, 6.45) is 2.27. The summed E-state index contributed by atoms with van der Waals surface area (Å²) in [6.45, 7) is 5.13. The van der Waals surface area contributed by atoms with Crippen LogP contribution in [-0.2, 0) is 19.6 Å². The van der Waals surface area contributed by atoms with Gasteiger partial charge in [-0.15, -0.1) is 0 Å². The summed E-state index contributed by atoms with van der Waals surface area (Å²) < 4.78 is 20.6. The average Bonchev–Trinajstić information content (AvgIpc) is 2.80. The van der Waals surface area contributed by atoms with Crippen molar-refractivity contribution < 1.29 is 9.13 Å². The predicted molar refractivity (Wildman–Crippen MR) is 65.8 cm³/mol. The maximum absolute atomic E-state index is 13.3. The number of nitrogens with zero attached hydrogens (tertiary/aromatic N) is 3. The molecule has 0 aliphatic heterocycles. The van der Waals surface area contributed by atoms with Crippen LogP contribution in [0.3, 0.4) is 0 Å². The molecule has 96 valence electrons. The summed E-state index contributed by atoms with van der Waals surface area (Å²) in [5.74, 6) is -0.421. The third kappa shape index (κ3) is 2.67. The topological polar surface area (TPSA) is 39.9 Å². The fourth-order valence-electron chi connectivity index (χ4n) is 1.71. The molecule has 0 unspecified atom stereocenters. The maximum Gasteiger partial charge on any atom is 0.255 e. The van der Waals surface area contributed by atoms with Crippen LogP contribution in [0.15, 0.2) is 24.4 Å². The van der Waals surface area contributed by atoms with Crippen molar-refractivity contribution in [3.05, 3.63) is 41.7 Å². The van der Waals surface area contributed by atoms with Gasteiger partial charge in [-0.25, -0.2) is 4.98 Å². The molecule has 0 saturated carbocycles. The van der Waals surface area contributed by atoms with Crippen molar-refractivity contribution in [1.82, 2.24) is 14.8 Å². The molecule has 2 aromatic heterocycles. The van der Waals surface area contributed by atoms with Gasteiger partial charge in [0.15, 0.2) is 5.75 Å². The zero-order valence-electron chi connectivity index (χ0n) is 10.6. The van der Waals surface area contributed by atoms with Crippen molar-refractivity contribution in [2.24, 2.45) is 0 Å². The molecule has 18 heavy (non-hydrogen) atoms. The first-order valence-electron chi connectivity index (χ1n) is 6.03. The number of halogens is 1. The Balaban J connectivity index is 2.10. The van der Waals surface area contributed by atoms with Gasteiger partial charge in [0.05, 0.1) is 11.4 Å². The normalized spacial score (nSPS) is 10.6. The van der Waals surface area contributed by atoms with Gasteiger partial charge in [0, 0.05) is 12.7 Å². The minimum absolute atomic E-state index is 0.166. The Bertz CT molecular complexity index is 525. The second-order valence-electron chi connectivity index (χ2n) is 3.88. The van der Waals surface area contributed by atoms with Gasteiger partial charge in [-0.1, -0.05) is 6.92 Å². The summed E-state index contributed by atoms with van der Waals surface area (Å²) >= 11 is 0. The molecule has 0 radical (unpaired) electrons. The van der Waals surface area contributed by atoms with E-state index in [1.54, 1.807) is 12.1 Å². The number of aromatic nitrogens is 3. The van der Waals surface area contributed by atoms with Crippen molar-refractivity contribution in [3.63, 3.8) is 0 Å². The molecule has 0 bridgehead atoms. The minimum Gasteiger partial charge on any atom is -0.483 e. The summed E-state index contributed by atoms with van der Waals surface area (Å²) in [7, 11) is 0. The SMILES string of the molecule is CCc1cc(COc2cccnc2F)n(CC)n1. The molecule has 0 aliphatic rings. The molecule has 0 N–H and O–H groups in total. The second-order valence-corrected chi connectivity index (χ2v) is 3.88. The smallest absolute Gasteiger partial charge is 0.255 e. The van der Waals surface area contributed by atoms with Crippen molar-refractivity contribution >= 4 is 0 Å². The van der Waals surface area contributed by atoms with Crippen LogP contribution in [0, 0.1) is 5.95 Å². The first-order chi connectivity index (χ1) is 8.74. The van der Waals surface area contributed by atoms with Crippen LogP contribution in [0.25, 0.3) is 0 Å². The lowest BCUT2D eigenvalue weighted by atomic mass is 10.3. The highest BCUT2D eigenvalue weighted by Gasteiger charge is 2.08.